The molecular formula is C11H7Br2F3N2O. The number of rotatable bonds is 2. The first-order valence-electron chi connectivity index (χ1n) is 5.02. The summed E-state index contributed by atoms with van der Waals surface area (Å²) in [6, 6.07) is 5.66. The van der Waals surface area contributed by atoms with Gasteiger partial charge in [-0.25, -0.2) is 4.98 Å². The van der Waals surface area contributed by atoms with Gasteiger partial charge in [0, 0.05) is 12.6 Å². The number of alkyl halides is 3. The van der Waals surface area contributed by atoms with Crippen LogP contribution in [-0.2, 0) is 7.05 Å². The standard InChI is InChI=1S/C11H7Br2F3N2O/c1-18-9(13)8(12)17-10(18)6-3-2-4-7(5-6)19-11(14,15)16/h2-5H,1H3. The van der Waals surface area contributed by atoms with E-state index in [0.717, 1.165) is 0 Å². The molecule has 0 N–H and O–H groups in total. The Kier molecular flexibility index (Phi) is 3.91. The zero-order valence-electron chi connectivity index (χ0n) is 9.50. The molecular weight excluding hydrogens is 393 g/mol. The minimum atomic E-state index is -4.71. The van der Waals surface area contributed by atoms with Gasteiger partial charge < -0.3 is 9.30 Å². The minimum Gasteiger partial charge on any atom is -0.406 e. The molecule has 1 aromatic carbocycles. The van der Waals surface area contributed by atoms with Gasteiger partial charge in [-0.3, -0.25) is 0 Å². The summed E-state index contributed by atoms with van der Waals surface area (Å²) in [5.41, 5.74) is 0.524. The zero-order valence-corrected chi connectivity index (χ0v) is 12.7. The van der Waals surface area contributed by atoms with E-state index in [-0.39, 0.29) is 5.75 Å². The first kappa shape index (κ1) is 14.4. The number of hydrogen-bond donors (Lipinski definition) is 0. The van der Waals surface area contributed by atoms with Crippen molar-refractivity contribution in [2.24, 2.45) is 7.05 Å². The monoisotopic (exact) mass is 398 g/mol. The van der Waals surface area contributed by atoms with E-state index in [2.05, 4.69) is 41.6 Å². The van der Waals surface area contributed by atoms with Crippen LogP contribution >= 0.6 is 31.9 Å². The molecule has 0 spiro atoms. The molecule has 2 rings (SSSR count). The first-order chi connectivity index (χ1) is 8.78. The van der Waals surface area contributed by atoms with Gasteiger partial charge in [0.05, 0.1) is 0 Å². The molecule has 102 valence electrons. The number of nitrogens with zero attached hydrogens (tertiary/aromatic N) is 2. The first-order valence-corrected chi connectivity index (χ1v) is 6.60. The Morgan fingerprint density at radius 2 is 1.95 bits per heavy atom. The number of hydrogen-bond acceptors (Lipinski definition) is 2. The van der Waals surface area contributed by atoms with Crippen LogP contribution in [0.1, 0.15) is 0 Å². The van der Waals surface area contributed by atoms with Crippen LogP contribution in [0.15, 0.2) is 33.5 Å². The molecule has 0 saturated heterocycles. The Bertz CT molecular complexity index is 610. The van der Waals surface area contributed by atoms with E-state index in [4.69, 9.17) is 0 Å². The molecule has 0 aliphatic rings. The molecule has 0 aliphatic carbocycles. The molecule has 0 atom stereocenters. The summed E-state index contributed by atoms with van der Waals surface area (Å²) in [5, 5.41) is 0. The van der Waals surface area contributed by atoms with Crippen molar-refractivity contribution < 1.29 is 17.9 Å². The van der Waals surface area contributed by atoms with E-state index in [0.29, 0.717) is 20.6 Å². The van der Waals surface area contributed by atoms with Crippen molar-refractivity contribution in [1.82, 2.24) is 9.55 Å². The Morgan fingerprint density at radius 1 is 1.26 bits per heavy atom. The van der Waals surface area contributed by atoms with Crippen molar-refractivity contribution in [3.63, 3.8) is 0 Å². The lowest BCUT2D eigenvalue weighted by Gasteiger charge is -2.10. The maximum atomic E-state index is 12.2. The predicted octanol–water partition coefficient (Wildman–Crippen LogP) is 4.51. The number of halogens is 5. The van der Waals surface area contributed by atoms with Crippen LogP contribution in [-0.4, -0.2) is 15.9 Å². The molecule has 0 aliphatic heterocycles. The van der Waals surface area contributed by atoms with Crippen LogP contribution in [0.3, 0.4) is 0 Å². The van der Waals surface area contributed by atoms with Gasteiger partial charge in [0.1, 0.15) is 20.8 Å². The molecule has 8 heteroatoms. The van der Waals surface area contributed by atoms with Crippen LogP contribution in [0, 0.1) is 0 Å². The molecule has 0 unspecified atom stereocenters. The van der Waals surface area contributed by atoms with Crippen LogP contribution in [0.4, 0.5) is 13.2 Å². The largest absolute Gasteiger partial charge is 0.573 e. The zero-order chi connectivity index (χ0) is 14.2. The SMILES string of the molecule is Cn1c(-c2cccc(OC(F)(F)F)c2)nc(Br)c1Br. The molecule has 0 saturated carbocycles. The van der Waals surface area contributed by atoms with Crippen molar-refractivity contribution in [1.29, 1.82) is 0 Å². The van der Waals surface area contributed by atoms with Gasteiger partial charge in [0.25, 0.3) is 0 Å². The fraction of sp³-hybridized carbons (Fsp3) is 0.182. The third-order valence-electron chi connectivity index (χ3n) is 2.31. The highest BCUT2D eigenvalue weighted by Crippen LogP contribution is 2.31. The highest BCUT2D eigenvalue weighted by molar-refractivity contribution is 9.13. The normalized spacial score (nSPS) is 11.7. The second-order valence-corrected chi connectivity index (χ2v) is 5.15. The molecule has 1 heterocycles. The lowest BCUT2D eigenvalue weighted by Crippen LogP contribution is -2.17. The smallest absolute Gasteiger partial charge is 0.406 e. The topological polar surface area (TPSA) is 27.1 Å². The number of benzene rings is 1. The molecule has 2 aromatic rings. The van der Waals surface area contributed by atoms with Crippen LogP contribution < -0.4 is 4.74 Å². The Balaban J connectivity index is 2.41. The molecule has 0 amide bonds. The summed E-state index contributed by atoms with van der Waals surface area (Å²) in [7, 11) is 1.74. The number of ether oxygens (including phenoxy) is 1. The highest BCUT2D eigenvalue weighted by atomic mass is 79.9. The van der Waals surface area contributed by atoms with Gasteiger partial charge in [-0.15, -0.1) is 13.2 Å². The van der Waals surface area contributed by atoms with Crippen molar-refractivity contribution in [3.05, 3.63) is 33.5 Å². The van der Waals surface area contributed by atoms with Gasteiger partial charge in [-0.05, 0) is 44.0 Å². The summed E-state index contributed by atoms with van der Waals surface area (Å²) < 4.78 is 43.4. The molecule has 0 bridgehead atoms. The van der Waals surface area contributed by atoms with E-state index >= 15 is 0 Å². The summed E-state index contributed by atoms with van der Waals surface area (Å²) in [4.78, 5) is 4.21. The lowest BCUT2D eigenvalue weighted by atomic mass is 10.2. The quantitative estimate of drug-likeness (QED) is 0.742. The van der Waals surface area contributed by atoms with Crippen LogP contribution in [0.2, 0.25) is 0 Å². The van der Waals surface area contributed by atoms with Crippen molar-refractivity contribution in [2.75, 3.05) is 0 Å². The molecule has 0 radical (unpaired) electrons. The Hall–Kier alpha value is -1.02. The minimum absolute atomic E-state index is 0.278. The van der Waals surface area contributed by atoms with E-state index in [1.807, 2.05) is 0 Å². The second kappa shape index (κ2) is 5.16. The van der Waals surface area contributed by atoms with Crippen molar-refractivity contribution >= 4 is 31.9 Å². The Labute approximate surface area is 123 Å². The Morgan fingerprint density at radius 3 is 2.47 bits per heavy atom. The highest BCUT2D eigenvalue weighted by Gasteiger charge is 2.31. The molecule has 0 fully saturated rings. The molecule has 19 heavy (non-hydrogen) atoms. The van der Waals surface area contributed by atoms with Gasteiger partial charge in [-0.2, -0.15) is 0 Å². The average Bonchev–Trinajstić information content (AvgIpc) is 2.55. The average molecular weight is 400 g/mol. The summed E-state index contributed by atoms with van der Waals surface area (Å²) in [6.45, 7) is 0. The van der Waals surface area contributed by atoms with Crippen molar-refractivity contribution in [3.8, 4) is 17.1 Å². The molecule has 1 aromatic heterocycles. The van der Waals surface area contributed by atoms with E-state index in [9.17, 15) is 13.2 Å². The fourth-order valence-electron chi connectivity index (χ4n) is 1.54. The third kappa shape index (κ3) is 3.30. The van der Waals surface area contributed by atoms with Crippen molar-refractivity contribution in [2.45, 2.75) is 6.36 Å². The third-order valence-corrected chi connectivity index (χ3v) is 4.30. The maximum absolute atomic E-state index is 12.2. The van der Waals surface area contributed by atoms with Gasteiger partial charge in [-0.1, -0.05) is 12.1 Å². The maximum Gasteiger partial charge on any atom is 0.573 e. The van der Waals surface area contributed by atoms with E-state index in [1.54, 1.807) is 17.7 Å². The molecule has 3 nitrogen and oxygen atoms in total. The predicted molar refractivity (Wildman–Crippen MR) is 70.7 cm³/mol. The van der Waals surface area contributed by atoms with Gasteiger partial charge in [0.2, 0.25) is 0 Å². The fourth-order valence-corrected chi connectivity index (χ4v) is 2.23. The van der Waals surface area contributed by atoms with Crippen LogP contribution in [0.5, 0.6) is 5.75 Å². The summed E-state index contributed by atoms with van der Waals surface area (Å²) >= 11 is 6.55. The van der Waals surface area contributed by atoms with Gasteiger partial charge >= 0.3 is 6.36 Å². The van der Waals surface area contributed by atoms with Gasteiger partial charge in [0.15, 0.2) is 0 Å². The number of imidazole rings is 1. The number of aromatic nitrogens is 2. The summed E-state index contributed by atoms with van der Waals surface area (Å²) in [5.74, 6) is 0.242. The lowest BCUT2D eigenvalue weighted by molar-refractivity contribution is -0.274. The van der Waals surface area contributed by atoms with E-state index < -0.39 is 6.36 Å². The van der Waals surface area contributed by atoms with Crippen LogP contribution in [0.25, 0.3) is 11.4 Å². The second-order valence-electron chi connectivity index (χ2n) is 3.65. The summed E-state index contributed by atoms with van der Waals surface area (Å²) in [6.07, 6.45) is -4.71. The van der Waals surface area contributed by atoms with E-state index in [1.165, 1.54) is 18.2 Å².